The molecule has 0 aromatic heterocycles. The van der Waals surface area contributed by atoms with Crippen LogP contribution in [0.1, 0.15) is 11.1 Å². The fraction of sp³-hybridized carbons (Fsp3) is 0.188. The lowest BCUT2D eigenvalue weighted by Gasteiger charge is -2.36. The molecule has 0 bridgehead atoms. The minimum absolute atomic E-state index is 0.00120. The number of hydrogen-bond donors (Lipinski definition) is 1. The quantitative estimate of drug-likeness (QED) is 0.689. The summed E-state index contributed by atoms with van der Waals surface area (Å²) in [4.78, 5) is 22.4. The van der Waals surface area contributed by atoms with Crippen LogP contribution in [-0.2, 0) is 17.8 Å². The molecule has 0 saturated carbocycles. The molecular weight excluding hydrogens is 322 g/mol. The van der Waals surface area contributed by atoms with Crippen molar-refractivity contribution >= 4 is 17.3 Å². The van der Waals surface area contributed by atoms with E-state index >= 15 is 0 Å². The van der Waals surface area contributed by atoms with E-state index in [4.69, 9.17) is 0 Å². The first-order valence-corrected chi connectivity index (χ1v) is 7.08. The average molecular weight is 334 g/mol. The lowest BCUT2D eigenvalue weighted by atomic mass is 9.93. The van der Waals surface area contributed by atoms with Gasteiger partial charge in [0.1, 0.15) is 11.7 Å². The number of hydrogen-bond acceptors (Lipinski definition) is 4. The van der Waals surface area contributed by atoms with E-state index in [1.165, 1.54) is 0 Å². The molecule has 0 radical (unpaired) electrons. The van der Waals surface area contributed by atoms with E-state index in [2.05, 4.69) is 0 Å². The van der Waals surface area contributed by atoms with Crippen molar-refractivity contribution in [1.82, 2.24) is 0 Å². The van der Waals surface area contributed by atoms with Crippen LogP contribution in [0.4, 0.5) is 20.2 Å². The van der Waals surface area contributed by atoms with Gasteiger partial charge in [0.15, 0.2) is 11.6 Å². The van der Waals surface area contributed by atoms with E-state index < -0.39 is 39.9 Å². The van der Waals surface area contributed by atoms with Crippen molar-refractivity contribution in [3.05, 3.63) is 69.3 Å². The van der Waals surface area contributed by atoms with E-state index in [9.17, 15) is 28.8 Å². The highest BCUT2D eigenvalue weighted by molar-refractivity contribution is 5.80. The maximum atomic E-state index is 14.3. The predicted octanol–water partition coefficient (Wildman–Crippen LogP) is 2.89. The Morgan fingerprint density at radius 1 is 1.21 bits per heavy atom. The number of carbonyl (C=O) groups is 1. The van der Waals surface area contributed by atoms with Gasteiger partial charge in [0.05, 0.1) is 17.1 Å². The number of non-ortho nitro benzene ring substituents is 1. The zero-order chi connectivity index (χ0) is 17.4. The fourth-order valence-corrected chi connectivity index (χ4v) is 2.91. The third kappa shape index (κ3) is 2.66. The van der Waals surface area contributed by atoms with Crippen LogP contribution in [0.15, 0.2) is 36.4 Å². The zero-order valence-corrected chi connectivity index (χ0v) is 12.3. The number of fused-ring (bicyclic) bond motifs is 1. The first-order valence-electron chi connectivity index (χ1n) is 7.08. The number of rotatable bonds is 3. The van der Waals surface area contributed by atoms with Gasteiger partial charge >= 0.3 is 5.97 Å². The Hall–Kier alpha value is -3.03. The standard InChI is InChI=1S/C16H12F2N2O4/c17-12-6-11(20(23)24)7-13(18)15(12)19-8-10-4-2-1-3-9(10)5-14(19)16(21)22/h1-4,6-7,14H,5,8H2,(H,21,22). The average Bonchev–Trinajstić information content (AvgIpc) is 2.53. The Labute approximate surface area is 135 Å². The zero-order valence-electron chi connectivity index (χ0n) is 12.3. The summed E-state index contributed by atoms with van der Waals surface area (Å²) in [5, 5.41) is 20.1. The van der Waals surface area contributed by atoms with Crippen LogP contribution in [0.2, 0.25) is 0 Å². The van der Waals surface area contributed by atoms with E-state index in [1.54, 1.807) is 24.3 Å². The summed E-state index contributed by atoms with van der Waals surface area (Å²) in [6.45, 7) is -0.00120. The molecule has 1 unspecified atom stereocenters. The Balaban J connectivity index is 2.10. The number of benzene rings is 2. The molecule has 1 atom stereocenters. The van der Waals surface area contributed by atoms with E-state index in [-0.39, 0.29) is 13.0 Å². The SMILES string of the molecule is O=C(O)C1Cc2ccccc2CN1c1c(F)cc([N+](=O)[O-])cc1F. The second kappa shape index (κ2) is 5.88. The molecule has 0 amide bonds. The molecule has 24 heavy (non-hydrogen) atoms. The Kier molecular flexibility index (Phi) is 3.88. The van der Waals surface area contributed by atoms with Gasteiger partial charge in [-0.3, -0.25) is 10.1 Å². The molecule has 1 heterocycles. The highest BCUT2D eigenvalue weighted by atomic mass is 19.1. The summed E-state index contributed by atoms with van der Waals surface area (Å²) >= 11 is 0. The minimum Gasteiger partial charge on any atom is -0.480 e. The van der Waals surface area contributed by atoms with Crippen LogP contribution >= 0.6 is 0 Å². The molecule has 8 heteroatoms. The second-order valence-electron chi connectivity index (χ2n) is 5.47. The van der Waals surface area contributed by atoms with E-state index in [0.717, 1.165) is 16.0 Å². The summed E-state index contributed by atoms with van der Waals surface area (Å²) in [5.74, 6) is -3.54. The van der Waals surface area contributed by atoms with Gasteiger partial charge < -0.3 is 10.0 Å². The summed E-state index contributed by atoms with van der Waals surface area (Å²) in [5.41, 5.74) is 0.261. The second-order valence-corrected chi connectivity index (χ2v) is 5.47. The number of nitrogens with zero attached hydrogens (tertiary/aromatic N) is 2. The lowest BCUT2D eigenvalue weighted by Crippen LogP contribution is -2.46. The minimum atomic E-state index is -1.22. The number of anilines is 1. The predicted molar refractivity (Wildman–Crippen MR) is 80.8 cm³/mol. The van der Waals surface area contributed by atoms with Gasteiger partial charge in [-0.15, -0.1) is 0 Å². The third-order valence-corrected chi connectivity index (χ3v) is 4.03. The Bertz CT molecular complexity index is 818. The van der Waals surface area contributed by atoms with Crippen molar-refractivity contribution in [1.29, 1.82) is 0 Å². The molecular formula is C16H12F2N2O4. The number of nitro groups is 1. The number of nitro benzene ring substituents is 1. The number of carboxylic acids is 1. The van der Waals surface area contributed by atoms with Gasteiger partial charge in [0.25, 0.3) is 5.69 Å². The third-order valence-electron chi connectivity index (χ3n) is 4.03. The molecule has 3 rings (SSSR count). The van der Waals surface area contributed by atoms with Crippen LogP contribution < -0.4 is 4.90 Å². The van der Waals surface area contributed by atoms with Gasteiger partial charge in [-0.1, -0.05) is 24.3 Å². The number of halogens is 2. The maximum absolute atomic E-state index is 14.3. The molecule has 0 aliphatic carbocycles. The molecule has 1 N–H and O–H groups in total. The van der Waals surface area contributed by atoms with Gasteiger partial charge in [-0.2, -0.15) is 0 Å². The largest absolute Gasteiger partial charge is 0.480 e. The molecule has 124 valence electrons. The van der Waals surface area contributed by atoms with Crippen LogP contribution in [-0.4, -0.2) is 22.0 Å². The summed E-state index contributed by atoms with van der Waals surface area (Å²) in [6, 6.07) is 7.06. The molecule has 6 nitrogen and oxygen atoms in total. The normalized spacial score (nSPS) is 16.6. The molecule has 0 fully saturated rings. The molecule has 2 aromatic rings. The van der Waals surface area contributed by atoms with Gasteiger partial charge in [-0.25, -0.2) is 13.6 Å². The van der Waals surface area contributed by atoms with Crippen molar-refractivity contribution in [3.8, 4) is 0 Å². The van der Waals surface area contributed by atoms with Crippen LogP contribution in [0.5, 0.6) is 0 Å². The van der Waals surface area contributed by atoms with E-state index in [1.807, 2.05) is 0 Å². The van der Waals surface area contributed by atoms with Crippen LogP contribution in [0, 0.1) is 21.7 Å². The number of aliphatic carboxylic acids is 1. The first kappa shape index (κ1) is 15.9. The first-order chi connectivity index (χ1) is 11.4. The van der Waals surface area contributed by atoms with Crippen LogP contribution in [0.25, 0.3) is 0 Å². The van der Waals surface area contributed by atoms with Crippen molar-refractivity contribution in [2.45, 2.75) is 19.0 Å². The van der Waals surface area contributed by atoms with Gasteiger partial charge in [0.2, 0.25) is 0 Å². The molecule has 0 spiro atoms. The molecule has 2 aromatic carbocycles. The Morgan fingerprint density at radius 3 is 2.33 bits per heavy atom. The van der Waals surface area contributed by atoms with Crippen molar-refractivity contribution in [3.63, 3.8) is 0 Å². The molecule has 0 saturated heterocycles. The lowest BCUT2D eigenvalue weighted by molar-refractivity contribution is -0.385. The smallest absolute Gasteiger partial charge is 0.326 e. The van der Waals surface area contributed by atoms with Gasteiger partial charge in [0, 0.05) is 13.0 Å². The Morgan fingerprint density at radius 2 is 1.79 bits per heavy atom. The summed E-state index contributed by atoms with van der Waals surface area (Å²) < 4.78 is 28.6. The topological polar surface area (TPSA) is 83.7 Å². The van der Waals surface area contributed by atoms with E-state index in [0.29, 0.717) is 12.1 Å². The van der Waals surface area contributed by atoms with Crippen molar-refractivity contribution in [2.75, 3.05) is 4.90 Å². The fourth-order valence-electron chi connectivity index (χ4n) is 2.91. The maximum Gasteiger partial charge on any atom is 0.326 e. The van der Waals surface area contributed by atoms with Crippen molar-refractivity contribution < 1.29 is 23.6 Å². The van der Waals surface area contributed by atoms with Gasteiger partial charge in [-0.05, 0) is 11.1 Å². The summed E-state index contributed by atoms with van der Waals surface area (Å²) in [6.07, 6.45) is 0.0847. The summed E-state index contributed by atoms with van der Waals surface area (Å²) in [7, 11) is 0. The van der Waals surface area contributed by atoms with Crippen molar-refractivity contribution in [2.24, 2.45) is 0 Å². The molecule has 1 aliphatic rings. The van der Waals surface area contributed by atoms with Crippen LogP contribution in [0.3, 0.4) is 0 Å². The highest BCUT2D eigenvalue weighted by Gasteiger charge is 2.35. The molecule has 1 aliphatic heterocycles. The highest BCUT2D eigenvalue weighted by Crippen LogP contribution is 2.34. The monoisotopic (exact) mass is 334 g/mol. The number of carboxylic acid groups (broad SMARTS) is 1.